The van der Waals surface area contributed by atoms with Crippen molar-refractivity contribution in [3.05, 3.63) is 40.3 Å². The number of carboxylic acid groups (broad SMARTS) is 1. The van der Waals surface area contributed by atoms with E-state index in [0.29, 0.717) is 10.5 Å². The van der Waals surface area contributed by atoms with Crippen LogP contribution >= 0.6 is 24.0 Å². The Kier molecular flexibility index (Phi) is 5.10. The molecule has 1 aliphatic heterocycles. The van der Waals surface area contributed by atoms with Crippen LogP contribution in [0.3, 0.4) is 0 Å². The Balaban J connectivity index is 2.28. The van der Waals surface area contributed by atoms with Crippen LogP contribution < -0.4 is 0 Å². The quantitative estimate of drug-likeness (QED) is 0.506. The van der Waals surface area contributed by atoms with Gasteiger partial charge in [0, 0.05) is 5.56 Å². The Morgan fingerprint density at radius 1 is 1.36 bits per heavy atom. The molecule has 1 N–H and O–H groups in total. The first kappa shape index (κ1) is 16.4. The van der Waals surface area contributed by atoms with Crippen molar-refractivity contribution in [2.75, 3.05) is 0 Å². The largest absolute Gasteiger partial charge is 0.480 e. The molecule has 2 rings (SSSR count). The molecule has 0 spiro atoms. The maximum atomic E-state index is 12.4. The summed E-state index contributed by atoms with van der Waals surface area (Å²) in [4.78, 5) is 35.8. The van der Waals surface area contributed by atoms with Crippen molar-refractivity contribution in [1.82, 2.24) is 4.90 Å². The number of aldehydes is 1. The molecule has 1 aromatic carbocycles. The highest BCUT2D eigenvalue weighted by Crippen LogP contribution is 2.34. The zero-order valence-electron chi connectivity index (χ0n) is 11.7. The van der Waals surface area contributed by atoms with E-state index in [9.17, 15) is 19.5 Å². The summed E-state index contributed by atoms with van der Waals surface area (Å²) in [6.45, 7) is 1.69. The molecule has 1 aliphatic rings. The molecule has 1 amide bonds. The molecule has 1 saturated heterocycles. The van der Waals surface area contributed by atoms with Crippen LogP contribution in [0.1, 0.15) is 29.3 Å². The third-order valence-corrected chi connectivity index (χ3v) is 4.51. The fourth-order valence-electron chi connectivity index (χ4n) is 2.04. The van der Waals surface area contributed by atoms with E-state index in [1.165, 1.54) is 0 Å². The lowest BCUT2D eigenvalue weighted by atomic mass is 10.1. The number of benzene rings is 1. The van der Waals surface area contributed by atoms with E-state index < -0.39 is 17.9 Å². The van der Waals surface area contributed by atoms with Gasteiger partial charge in [-0.1, -0.05) is 55.2 Å². The van der Waals surface area contributed by atoms with Crippen molar-refractivity contribution in [2.45, 2.75) is 19.4 Å². The van der Waals surface area contributed by atoms with Gasteiger partial charge in [-0.2, -0.15) is 0 Å². The minimum absolute atomic E-state index is 0.245. The van der Waals surface area contributed by atoms with Gasteiger partial charge in [-0.05, 0) is 18.1 Å². The minimum atomic E-state index is -1.07. The lowest BCUT2D eigenvalue weighted by Gasteiger charge is -2.21. The summed E-state index contributed by atoms with van der Waals surface area (Å²) in [5.41, 5.74) is 1.29. The molecular weight excluding hydrogens is 322 g/mol. The monoisotopic (exact) mass is 335 g/mol. The van der Waals surface area contributed by atoms with Crippen molar-refractivity contribution in [3.8, 4) is 0 Å². The van der Waals surface area contributed by atoms with Crippen LogP contribution in [0.25, 0.3) is 6.08 Å². The van der Waals surface area contributed by atoms with Crippen LogP contribution in [0, 0.1) is 0 Å². The van der Waals surface area contributed by atoms with Gasteiger partial charge in [-0.25, -0.2) is 4.79 Å². The number of carboxylic acids is 1. The number of amides is 1. The normalized spacial score (nSPS) is 17.9. The second kappa shape index (κ2) is 6.85. The zero-order valence-corrected chi connectivity index (χ0v) is 13.3. The van der Waals surface area contributed by atoms with Gasteiger partial charge < -0.3 is 5.11 Å². The number of carbonyl (C=O) groups excluding carboxylic acids is 2. The predicted octanol–water partition coefficient (Wildman–Crippen LogP) is 2.56. The van der Waals surface area contributed by atoms with Crippen LogP contribution in [0.2, 0.25) is 0 Å². The lowest BCUT2D eigenvalue weighted by Crippen LogP contribution is -2.43. The summed E-state index contributed by atoms with van der Waals surface area (Å²) in [6, 6.07) is 5.77. The molecule has 1 fully saturated rings. The lowest BCUT2D eigenvalue weighted by molar-refractivity contribution is -0.145. The number of carbonyl (C=O) groups is 3. The summed E-state index contributed by atoms with van der Waals surface area (Å²) in [6.07, 6.45) is 2.66. The van der Waals surface area contributed by atoms with Crippen molar-refractivity contribution in [1.29, 1.82) is 0 Å². The summed E-state index contributed by atoms with van der Waals surface area (Å²) < 4.78 is 0.245. The number of aliphatic carboxylic acids is 1. The number of nitrogens with zero attached hydrogens (tertiary/aromatic N) is 1. The molecule has 7 heteroatoms. The van der Waals surface area contributed by atoms with Gasteiger partial charge in [0.1, 0.15) is 16.6 Å². The van der Waals surface area contributed by atoms with Gasteiger partial charge in [0.15, 0.2) is 0 Å². The molecule has 0 unspecified atom stereocenters. The molecule has 0 bridgehead atoms. The Bertz CT molecular complexity index is 667. The number of thioether (sulfide) groups is 1. The van der Waals surface area contributed by atoms with Crippen LogP contribution in [0.5, 0.6) is 0 Å². The molecule has 0 aromatic heterocycles. The van der Waals surface area contributed by atoms with E-state index >= 15 is 0 Å². The number of hydrogen-bond donors (Lipinski definition) is 1. The SMILES string of the molecule is CC[C@@H](C(=O)O)N1C(=O)/C(=C/c2ccc(C=O)cc2)SC1=S. The Labute approximate surface area is 137 Å². The number of rotatable bonds is 5. The van der Waals surface area contributed by atoms with E-state index in [2.05, 4.69) is 0 Å². The fourth-order valence-corrected chi connectivity index (χ4v) is 3.40. The van der Waals surface area contributed by atoms with Gasteiger partial charge in [0.25, 0.3) is 5.91 Å². The summed E-state index contributed by atoms with van der Waals surface area (Å²) in [5, 5.41) is 9.19. The molecule has 1 heterocycles. The third-order valence-electron chi connectivity index (χ3n) is 3.18. The fraction of sp³-hybridized carbons (Fsp3) is 0.200. The van der Waals surface area contributed by atoms with E-state index in [1.807, 2.05) is 0 Å². The van der Waals surface area contributed by atoms with Crippen LogP contribution in [-0.4, -0.2) is 38.5 Å². The molecule has 0 saturated carbocycles. The molecule has 1 aromatic rings. The van der Waals surface area contributed by atoms with Gasteiger partial charge in [0.05, 0.1) is 4.91 Å². The second-order valence-corrected chi connectivity index (χ2v) is 6.27. The standard InChI is InChI=1S/C15H13NO4S2/c1-2-11(14(19)20)16-13(18)12(22-15(16)21)7-9-3-5-10(8-17)6-4-9/h3-8,11H,2H2,1H3,(H,19,20)/b12-7-/t11-/m0/s1. The molecule has 0 radical (unpaired) electrons. The highest BCUT2D eigenvalue weighted by molar-refractivity contribution is 8.26. The highest BCUT2D eigenvalue weighted by Gasteiger charge is 2.39. The van der Waals surface area contributed by atoms with Crippen molar-refractivity contribution >= 4 is 52.5 Å². The number of thiocarbonyl (C=S) groups is 1. The van der Waals surface area contributed by atoms with E-state index in [0.717, 1.165) is 28.5 Å². The predicted molar refractivity (Wildman–Crippen MR) is 88.6 cm³/mol. The molecular formula is C15H13NO4S2. The molecule has 114 valence electrons. The van der Waals surface area contributed by atoms with Gasteiger partial charge in [-0.3, -0.25) is 14.5 Å². The van der Waals surface area contributed by atoms with E-state index in [1.54, 1.807) is 37.3 Å². The Morgan fingerprint density at radius 3 is 2.45 bits per heavy atom. The van der Waals surface area contributed by atoms with E-state index in [4.69, 9.17) is 12.2 Å². The summed E-state index contributed by atoms with van der Waals surface area (Å²) >= 11 is 6.21. The van der Waals surface area contributed by atoms with Crippen molar-refractivity contribution in [2.24, 2.45) is 0 Å². The topological polar surface area (TPSA) is 74.7 Å². The van der Waals surface area contributed by atoms with Crippen LogP contribution in [0.15, 0.2) is 29.2 Å². The van der Waals surface area contributed by atoms with Crippen molar-refractivity contribution in [3.63, 3.8) is 0 Å². The first-order valence-electron chi connectivity index (χ1n) is 6.53. The molecule has 22 heavy (non-hydrogen) atoms. The van der Waals surface area contributed by atoms with Crippen LogP contribution in [-0.2, 0) is 9.59 Å². The third kappa shape index (κ3) is 3.26. The minimum Gasteiger partial charge on any atom is -0.480 e. The number of hydrogen-bond acceptors (Lipinski definition) is 5. The summed E-state index contributed by atoms with van der Waals surface area (Å²) in [7, 11) is 0. The average Bonchev–Trinajstić information content (AvgIpc) is 2.76. The van der Waals surface area contributed by atoms with Crippen molar-refractivity contribution < 1.29 is 19.5 Å². The Hall–Kier alpha value is -1.99. The molecule has 1 atom stereocenters. The smallest absolute Gasteiger partial charge is 0.326 e. The van der Waals surface area contributed by atoms with Gasteiger partial charge in [0.2, 0.25) is 0 Å². The summed E-state index contributed by atoms with van der Waals surface area (Å²) in [5.74, 6) is -1.47. The first-order valence-corrected chi connectivity index (χ1v) is 7.75. The Morgan fingerprint density at radius 2 is 1.95 bits per heavy atom. The molecule has 5 nitrogen and oxygen atoms in total. The first-order chi connectivity index (χ1) is 10.5. The highest BCUT2D eigenvalue weighted by atomic mass is 32.2. The van der Waals surface area contributed by atoms with Gasteiger partial charge >= 0.3 is 5.97 Å². The molecule has 0 aliphatic carbocycles. The average molecular weight is 335 g/mol. The maximum absolute atomic E-state index is 12.4. The maximum Gasteiger partial charge on any atom is 0.326 e. The van der Waals surface area contributed by atoms with Crippen LogP contribution in [0.4, 0.5) is 0 Å². The second-order valence-electron chi connectivity index (χ2n) is 4.60. The zero-order chi connectivity index (χ0) is 16.3. The van der Waals surface area contributed by atoms with E-state index in [-0.39, 0.29) is 10.7 Å². The van der Waals surface area contributed by atoms with Gasteiger partial charge in [-0.15, -0.1) is 0 Å².